The van der Waals surface area contributed by atoms with Gasteiger partial charge in [-0.15, -0.1) is 0 Å². The van der Waals surface area contributed by atoms with Crippen molar-refractivity contribution in [1.82, 2.24) is 0 Å². The number of fused-ring (bicyclic) bond motifs is 1. The Bertz CT molecular complexity index is 452. The predicted octanol–water partition coefficient (Wildman–Crippen LogP) is 2.08. The number of hydrogen-bond acceptors (Lipinski definition) is 3. The van der Waals surface area contributed by atoms with Gasteiger partial charge in [0, 0.05) is 11.9 Å². The molecule has 0 amide bonds. The SMILES string of the molecule is NCC(O)c1oc2ccccc2c1Cl. The number of nitrogens with two attached hydrogens (primary N) is 1. The average molecular weight is 212 g/mol. The first kappa shape index (κ1) is 9.52. The highest BCUT2D eigenvalue weighted by atomic mass is 35.5. The van der Waals surface area contributed by atoms with E-state index in [0.29, 0.717) is 16.4 Å². The molecule has 0 radical (unpaired) electrons. The van der Waals surface area contributed by atoms with Crippen molar-refractivity contribution in [2.45, 2.75) is 6.10 Å². The number of aliphatic hydroxyl groups excluding tert-OH is 1. The molecule has 74 valence electrons. The fraction of sp³-hybridized carbons (Fsp3) is 0.200. The summed E-state index contributed by atoms with van der Waals surface area (Å²) in [6, 6.07) is 7.35. The minimum atomic E-state index is -0.838. The molecule has 2 aromatic rings. The van der Waals surface area contributed by atoms with Gasteiger partial charge < -0.3 is 15.3 Å². The summed E-state index contributed by atoms with van der Waals surface area (Å²) >= 11 is 6.02. The zero-order valence-corrected chi connectivity index (χ0v) is 8.16. The average Bonchev–Trinajstić information content (AvgIpc) is 2.56. The van der Waals surface area contributed by atoms with Crippen LogP contribution in [0, 0.1) is 0 Å². The number of benzene rings is 1. The first-order valence-electron chi connectivity index (χ1n) is 4.29. The van der Waals surface area contributed by atoms with Gasteiger partial charge in [-0.2, -0.15) is 0 Å². The van der Waals surface area contributed by atoms with Crippen LogP contribution in [-0.2, 0) is 0 Å². The van der Waals surface area contributed by atoms with Crippen LogP contribution in [0.5, 0.6) is 0 Å². The van der Waals surface area contributed by atoms with E-state index in [2.05, 4.69) is 0 Å². The van der Waals surface area contributed by atoms with Crippen LogP contribution in [0.3, 0.4) is 0 Å². The molecule has 2 rings (SSSR count). The van der Waals surface area contributed by atoms with Gasteiger partial charge in [0.25, 0.3) is 0 Å². The standard InChI is InChI=1S/C10H10ClNO2/c11-9-6-3-1-2-4-8(6)14-10(9)7(13)5-12/h1-4,7,13H,5,12H2. The molecular weight excluding hydrogens is 202 g/mol. The maximum absolute atomic E-state index is 9.51. The molecule has 14 heavy (non-hydrogen) atoms. The Hall–Kier alpha value is -1.03. The molecule has 0 bridgehead atoms. The summed E-state index contributed by atoms with van der Waals surface area (Å²) in [5, 5.41) is 10.8. The largest absolute Gasteiger partial charge is 0.457 e. The van der Waals surface area contributed by atoms with Gasteiger partial charge in [-0.25, -0.2) is 0 Å². The van der Waals surface area contributed by atoms with E-state index in [0.717, 1.165) is 5.39 Å². The van der Waals surface area contributed by atoms with Gasteiger partial charge >= 0.3 is 0 Å². The molecule has 1 unspecified atom stereocenters. The first-order chi connectivity index (χ1) is 6.74. The molecule has 0 saturated heterocycles. The number of para-hydroxylation sites is 1. The molecule has 0 aliphatic heterocycles. The molecule has 1 aromatic heterocycles. The van der Waals surface area contributed by atoms with E-state index < -0.39 is 6.10 Å². The van der Waals surface area contributed by atoms with E-state index in [-0.39, 0.29) is 6.54 Å². The molecule has 1 heterocycles. The third-order valence-corrected chi connectivity index (χ3v) is 2.48. The maximum atomic E-state index is 9.51. The van der Waals surface area contributed by atoms with Gasteiger partial charge in [-0.1, -0.05) is 23.7 Å². The first-order valence-corrected chi connectivity index (χ1v) is 4.67. The summed E-state index contributed by atoms with van der Waals surface area (Å²) < 4.78 is 5.39. The van der Waals surface area contributed by atoms with Crippen molar-refractivity contribution >= 4 is 22.6 Å². The summed E-state index contributed by atoms with van der Waals surface area (Å²) in [5.74, 6) is 0.343. The summed E-state index contributed by atoms with van der Waals surface area (Å²) in [4.78, 5) is 0. The van der Waals surface area contributed by atoms with E-state index in [1.807, 2.05) is 18.2 Å². The van der Waals surface area contributed by atoms with E-state index in [4.69, 9.17) is 21.8 Å². The van der Waals surface area contributed by atoms with E-state index in [1.54, 1.807) is 6.07 Å². The van der Waals surface area contributed by atoms with Crippen molar-refractivity contribution in [1.29, 1.82) is 0 Å². The van der Waals surface area contributed by atoms with Gasteiger partial charge in [-0.05, 0) is 12.1 Å². The Kier molecular flexibility index (Phi) is 2.46. The van der Waals surface area contributed by atoms with Crippen LogP contribution in [0.4, 0.5) is 0 Å². The second-order valence-corrected chi connectivity index (χ2v) is 3.41. The van der Waals surface area contributed by atoms with Crippen molar-refractivity contribution in [3.05, 3.63) is 35.0 Å². The van der Waals surface area contributed by atoms with Gasteiger partial charge in [0.05, 0.1) is 5.02 Å². The molecule has 0 spiro atoms. The van der Waals surface area contributed by atoms with Gasteiger partial charge in [0.1, 0.15) is 11.7 Å². The minimum absolute atomic E-state index is 0.0968. The second kappa shape index (κ2) is 3.61. The van der Waals surface area contributed by atoms with Crippen molar-refractivity contribution in [2.75, 3.05) is 6.54 Å². The number of hydrogen-bond donors (Lipinski definition) is 2. The van der Waals surface area contributed by atoms with Crippen LogP contribution < -0.4 is 5.73 Å². The molecule has 0 fully saturated rings. The molecule has 0 aliphatic carbocycles. The molecule has 4 heteroatoms. The Balaban J connectivity index is 2.62. The number of halogens is 1. The van der Waals surface area contributed by atoms with Crippen LogP contribution in [0.25, 0.3) is 11.0 Å². The lowest BCUT2D eigenvalue weighted by atomic mass is 10.2. The Morgan fingerprint density at radius 3 is 2.79 bits per heavy atom. The normalized spacial score (nSPS) is 13.4. The van der Waals surface area contributed by atoms with Gasteiger partial charge in [-0.3, -0.25) is 0 Å². The molecule has 0 aliphatic rings. The van der Waals surface area contributed by atoms with E-state index in [9.17, 15) is 5.11 Å². The lowest BCUT2D eigenvalue weighted by molar-refractivity contribution is 0.161. The quantitative estimate of drug-likeness (QED) is 0.800. The zero-order chi connectivity index (χ0) is 10.1. The van der Waals surface area contributed by atoms with Gasteiger partial charge in [0.15, 0.2) is 5.76 Å². The molecule has 3 nitrogen and oxygen atoms in total. The van der Waals surface area contributed by atoms with Crippen LogP contribution in [0.1, 0.15) is 11.9 Å². The highest BCUT2D eigenvalue weighted by Crippen LogP contribution is 2.33. The number of furan rings is 1. The molecule has 1 aromatic carbocycles. The van der Waals surface area contributed by atoms with Crippen LogP contribution in [-0.4, -0.2) is 11.7 Å². The Morgan fingerprint density at radius 1 is 1.43 bits per heavy atom. The Labute approximate surface area is 86.1 Å². The fourth-order valence-electron chi connectivity index (χ4n) is 1.35. The smallest absolute Gasteiger partial charge is 0.153 e. The number of aliphatic hydroxyl groups is 1. The van der Waals surface area contributed by atoms with Gasteiger partial charge in [0.2, 0.25) is 0 Å². The zero-order valence-electron chi connectivity index (χ0n) is 7.40. The molecule has 1 atom stereocenters. The monoisotopic (exact) mass is 211 g/mol. The highest BCUT2D eigenvalue weighted by Gasteiger charge is 2.17. The third kappa shape index (κ3) is 1.39. The summed E-state index contributed by atoms with van der Waals surface area (Å²) in [7, 11) is 0. The molecule has 3 N–H and O–H groups in total. The number of rotatable bonds is 2. The molecular formula is C10H10ClNO2. The summed E-state index contributed by atoms with van der Waals surface area (Å²) in [5.41, 5.74) is 5.99. The fourth-order valence-corrected chi connectivity index (χ4v) is 1.67. The second-order valence-electron chi connectivity index (χ2n) is 3.03. The summed E-state index contributed by atoms with van der Waals surface area (Å²) in [6.07, 6.45) is -0.838. The minimum Gasteiger partial charge on any atom is -0.457 e. The van der Waals surface area contributed by atoms with Crippen LogP contribution >= 0.6 is 11.6 Å². The third-order valence-electron chi connectivity index (χ3n) is 2.09. The lowest BCUT2D eigenvalue weighted by Crippen LogP contribution is -2.10. The predicted molar refractivity (Wildman–Crippen MR) is 55.2 cm³/mol. The maximum Gasteiger partial charge on any atom is 0.153 e. The van der Waals surface area contributed by atoms with Crippen molar-refractivity contribution in [2.24, 2.45) is 5.73 Å². The topological polar surface area (TPSA) is 59.4 Å². The Morgan fingerprint density at radius 2 is 2.14 bits per heavy atom. The summed E-state index contributed by atoms with van der Waals surface area (Å²) in [6.45, 7) is 0.0968. The van der Waals surface area contributed by atoms with E-state index in [1.165, 1.54) is 0 Å². The van der Waals surface area contributed by atoms with Crippen LogP contribution in [0.15, 0.2) is 28.7 Å². The van der Waals surface area contributed by atoms with Crippen molar-refractivity contribution in [3.63, 3.8) is 0 Å². The van der Waals surface area contributed by atoms with E-state index >= 15 is 0 Å². The van der Waals surface area contributed by atoms with Crippen molar-refractivity contribution in [3.8, 4) is 0 Å². The van der Waals surface area contributed by atoms with Crippen molar-refractivity contribution < 1.29 is 9.52 Å². The lowest BCUT2D eigenvalue weighted by Gasteiger charge is -2.02. The highest BCUT2D eigenvalue weighted by molar-refractivity contribution is 6.36. The molecule has 0 saturated carbocycles. The van der Waals surface area contributed by atoms with Crippen LogP contribution in [0.2, 0.25) is 5.02 Å².